The van der Waals surface area contributed by atoms with E-state index in [4.69, 9.17) is 4.65 Å². The normalized spacial score (nSPS) is 24.3. The number of rotatable bonds is 6. The first-order valence-corrected chi connectivity index (χ1v) is 11.8. The Kier molecular flexibility index (Phi) is 6.56. The molecule has 0 aliphatic carbocycles. The molecular formula is C21H28BFO5S. The molecule has 3 rings (SSSR count). The van der Waals surface area contributed by atoms with E-state index in [-0.39, 0.29) is 23.7 Å². The highest BCUT2D eigenvalue weighted by molar-refractivity contribution is 7.92. The van der Waals surface area contributed by atoms with Gasteiger partial charge in [-0.15, -0.1) is 0 Å². The van der Waals surface area contributed by atoms with Crippen LogP contribution in [0.1, 0.15) is 45.6 Å². The summed E-state index contributed by atoms with van der Waals surface area (Å²) >= 11 is 0. The summed E-state index contributed by atoms with van der Waals surface area (Å²) in [5.74, 6) is -0.905. The van der Waals surface area contributed by atoms with Gasteiger partial charge < -0.3 is 14.8 Å². The first kappa shape index (κ1) is 22.1. The van der Waals surface area contributed by atoms with Crippen molar-refractivity contribution in [1.82, 2.24) is 0 Å². The molecule has 0 radical (unpaired) electrons. The molecule has 5 nitrogen and oxygen atoms in total. The molecule has 2 N–H and O–H groups in total. The van der Waals surface area contributed by atoms with Gasteiger partial charge in [-0.1, -0.05) is 38.5 Å². The second kappa shape index (κ2) is 8.62. The van der Waals surface area contributed by atoms with Crippen LogP contribution in [-0.2, 0) is 14.5 Å². The molecule has 1 aromatic rings. The molecule has 2 heterocycles. The van der Waals surface area contributed by atoms with Crippen LogP contribution >= 0.6 is 0 Å². The molecule has 8 heteroatoms. The van der Waals surface area contributed by atoms with Crippen LogP contribution in [0.5, 0.6) is 5.75 Å². The van der Waals surface area contributed by atoms with Crippen molar-refractivity contribution < 1.29 is 27.6 Å². The zero-order valence-corrected chi connectivity index (χ0v) is 17.9. The topological polar surface area (TPSA) is 83.8 Å². The fourth-order valence-electron chi connectivity index (χ4n) is 4.23. The number of aromatic hydroxyl groups is 1. The Morgan fingerprint density at radius 1 is 1.41 bits per heavy atom. The Morgan fingerprint density at radius 3 is 2.76 bits per heavy atom. The third kappa shape index (κ3) is 4.76. The number of hydrogen-bond acceptors (Lipinski definition) is 5. The molecule has 0 unspecified atom stereocenters. The Morgan fingerprint density at radius 2 is 2.14 bits per heavy atom. The van der Waals surface area contributed by atoms with Crippen LogP contribution in [0.2, 0.25) is 6.32 Å². The molecule has 1 aromatic carbocycles. The molecule has 29 heavy (non-hydrogen) atoms. The first-order chi connectivity index (χ1) is 13.6. The van der Waals surface area contributed by atoms with E-state index >= 15 is 0 Å². The second-order valence-electron chi connectivity index (χ2n) is 8.15. The van der Waals surface area contributed by atoms with E-state index in [9.17, 15) is 22.9 Å². The molecule has 158 valence electrons. The molecule has 1 saturated heterocycles. The van der Waals surface area contributed by atoms with Crippen molar-refractivity contribution >= 4 is 23.0 Å². The number of phenols is 1. The third-order valence-corrected chi connectivity index (χ3v) is 7.84. The summed E-state index contributed by atoms with van der Waals surface area (Å²) in [5.41, 5.74) is 3.46. The molecule has 0 amide bonds. The average molecular weight is 422 g/mol. The summed E-state index contributed by atoms with van der Waals surface area (Å²) in [6.45, 7) is 5.97. The van der Waals surface area contributed by atoms with Gasteiger partial charge in [0.25, 0.3) is 0 Å². The van der Waals surface area contributed by atoms with Crippen molar-refractivity contribution in [1.29, 1.82) is 0 Å². The van der Waals surface area contributed by atoms with Gasteiger partial charge in [0.05, 0.1) is 17.1 Å². The lowest BCUT2D eigenvalue weighted by Crippen LogP contribution is -2.42. The quantitative estimate of drug-likeness (QED) is 0.539. The smallest absolute Gasteiger partial charge is 0.456 e. The Labute approximate surface area is 172 Å². The van der Waals surface area contributed by atoms with Gasteiger partial charge in [-0.2, -0.15) is 0 Å². The fourth-order valence-corrected chi connectivity index (χ4v) is 6.51. The molecule has 2 atom stereocenters. The van der Waals surface area contributed by atoms with Gasteiger partial charge in [-0.05, 0) is 54.0 Å². The van der Waals surface area contributed by atoms with Crippen molar-refractivity contribution in [2.45, 2.75) is 57.7 Å². The van der Waals surface area contributed by atoms with Crippen LogP contribution in [0, 0.1) is 11.7 Å². The molecule has 0 spiro atoms. The van der Waals surface area contributed by atoms with Crippen LogP contribution in [0.25, 0.3) is 6.08 Å². The monoisotopic (exact) mass is 422 g/mol. The van der Waals surface area contributed by atoms with Gasteiger partial charge >= 0.3 is 7.12 Å². The van der Waals surface area contributed by atoms with Gasteiger partial charge in [0.2, 0.25) is 0 Å². The van der Waals surface area contributed by atoms with Crippen LogP contribution in [0.3, 0.4) is 0 Å². The molecular weight excluding hydrogens is 394 g/mol. The van der Waals surface area contributed by atoms with Crippen LogP contribution in [0.15, 0.2) is 34.9 Å². The lowest BCUT2D eigenvalue weighted by atomic mass is 9.74. The maximum Gasteiger partial charge on any atom is 0.456 e. The number of allylic oxidation sites excluding steroid dienone is 1. The van der Waals surface area contributed by atoms with Crippen molar-refractivity contribution in [2.24, 2.45) is 5.92 Å². The predicted octanol–water partition coefficient (Wildman–Crippen LogP) is 3.73. The fraction of sp³-hybridized carbons (Fsp3) is 0.524. The summed E-state index contributed by atoms with van der Waals surface area (Å²) in [6.07, 6.45) is 3.46. The minimum absolute atomic E-state index is 0.0422. The second-order valence-corrected chi connectivity index (χ2v) is 10.3. The number of sulfone groups is 1. The summed E-state index contributed by atoms with van der Waals surface area (Å²) in [7, 11) is -4.39. The lowest BCUT2D eigenvalue weighted by molar-refractivity contribution is 0.169. The zero-order valence-electron chi connectivity index (χ0n) is 17.1. The summed E-state index contributed by atoms with van der Waals surface area (Å²) in [5, 5.41) is 18.8. The van der Waals surface area contributed by atoms with Crippen LogP contribution < -0.4 is 0 Å². The third-order valence-electron chi connectivity index (χ3n) is 5.81. The van der Waals surface area contributed by atoms with E-state index in [1.165, 1.54) is 12.1 Å². The molecule has 1 fully saturated rings. The van der Waals surface area contributed by atoms with Crippen LogP contribution in [0.4, 0.5) is 4.39 Å². The van der Waals surface area contributed by atoms with Gasteiger partial charge in [0.15, 0.2) is 21.4 Å². The number of halogens is 1. The molecule has 2 aliphatic heterocycles. The summed E-state index contributed by atoms with van der Waals surface area (Å²) in [6, 6.07) is 4.25. The summed E-state index contributed by atoms with van der Waals surface area (Å²) in [4.78, 5) is 0. The molecule has 0 aromatic heterocycles. The van der Waals surface area contributed by atoms with Gasteiger partial charge in [0.1, 0.15) is 0 Å². The van der Waals surface area contributed by atoms with Crippen molar-refractivity contribution in [2.75, 3.05) is 5.75 Å². The SMILES string of the molecule is CC/C(=C\c1ccc(O)c(F)c1)CC[C@H]1OB(O)C[C@H]2C1=C(C(C)C)CS2(=O)=O. The zero-order chi connectivity index (χ0) is 21.3. The van der Waals surface area contributed by atoms with Crippen molar-refractivity contribution in [3.8, 4) is 5.75 Å². The van der Waals surface area contributed by atoms with E-state index in [2.05, 4.69) is 0 Å². The van der Waals surface area contributed by atoms with Crippen molar-refractivity contribution in [3.05, 3.63) is 46.3 Å². The Bertz CT molecular complexity index is 938. The van der Waals surface area contributed by atoms with Gasteiger partial charge in [-0.3, -0.25) is 0 Å². The highest BCUT2D eigenvalue weighted by Gasteiger charge is 2.48. The van der Waals surface area contributed by atoms with Gasteiger partial charge in [-0.25, -0.2) is 12.8 Å². The van der Waals surface area contributed by atoms with Crippen LogP contribution in [-0.4, -0.2) is 42.8 Å². The summed E-state index contributed by atoms with van der Waals surface area (Å²) < 4.78 is 44.6. The largest absolute Gasteiger partial charge is 0.505 e. The lowest BCUT2D eigenvalue weighted by Gasteiger charge is -2.32. The highest BCUT2D eigenvalue weighted by Crippen LogP contribution is 2.41. The Hall–Kier alpha value is -1.64. The van der Waals surface area contributed by atoms with E-state index in [0.29, 0.717) is 18.4 Å². The first-order valence-electron chi connectivity index (χ1n) is 10.1. The average Bonchev–Trinajstić information content (AvgIpc) is 2.92. The van der Waals surface area contributed by atoms with E-state index in [1.807, 2.05) is 26.8 Å². The number of hydrogen-bond donors (Lipinski definition) is 2. The molecule has 2 aliphatic rings. The number of benzene rings is 1. The van der Waals surface area contributed by atoms with Gasteiger partial charge in [0, 0.05) is 6.32 Å². The minimum atomic E-state index is -3.30. The van der Waals surface area contributed by atoms with E-state index in [1.54, 1.807) is 6.07 Å². The maximum atomic E-state index is 13.6. The Balaban J connectivity index is 1.82. The molecule has 0 saturated carbocycles. The maximum absolute atomic E-state index is 13.6. The van der Waals surface area contributed by atoms with Crippen molar-refractivity contribution in [3.63, 3.8) is 0 Å². The minimum Gasteiger partial charge on any atom is -0.505 e. The predicted molar refractivity (Wildman–Crippen MR) is 113 cm³/mol. The standard InChI is InChI=1S/C21H28BFO5S/c1-4-14(9-15-5-7-18(24)17(23)10-15)6-8-19-21-16(13(2)3)12-29(26,27)20(21)11-22(25)28-19/h5,7,9-10,13,19-20,24-25H,4,6,8,11-12H2,1-3H3/b14-9+/t19-,20+/m1/s1. The number of fused-ring (bicyclic) bond motifs is 1. The van der Waals surface area contributed by atoms with E-state index < -0.39 is 34.1 Å². The highest BCUT2D eigenvalue weighted by atomic mass is 32.2. The number of phenolic OH excluding ortho intramolecular Hbond substituents is 1. The molecule has 0 bridgehead atoms. The van der Waals surface area contributed by atoms with E-state index in [0.717, 1.165) is 23.1 Å².